The first-order valence-corrected chi connectivity index (χ1v) is 5.59. The average molecular weight is 286 g/mol. The van der Waals surface area contributed by atoms with Crippen molar-refractivity contribution in [3.8, 4) is 11.1 Å². The van der Waals surface area contributed by atoms with Gasteiger partial charge in [0.05, 0.1) is 5.56 Å². The maximum absolute atomic E-state index is 12.9. The van der Waals surface area contributed by atoms with Crippen molar-refractivity contribution in [3.05, 3.63) is 52.8 Å². The number of aldehydes is 1. The molecule has 2 aromatic rings. The monoisotopic (exact) mass is 285 g/mol. The van der Waals surface area contributed by atoms with E-state index in [1.807, 2.05) is 0 Å². The van der Waals surface area contributed by atoms with Crippen molar-refractivity contribution in [2.45, 2.75) is 6.18 Å². The van der Waals surface area contributed by atoms with Gasteiger partial charge in [0.2, 0.25) is 0 Å². The average Bonchev–Trinajstić information content (AvgIpc) is 2.37. The van der Waals surface area contributed by atoms with E-state index < -0.39 is 11.7 Å². The third kappa shape index (κ3) is 2.76. The van der Waals surface area contributed by atoms with Gasteiger partial charge in [0.15, 0.2) is 6.29 Å². The molecule has 1 heterocycles. The number of hydrogen-bond acceptors (Lipinski definition) is 2. The van der Waals surface area contributed by atoms with Crippen LogP contribution in [0.2, 0.25) is 5.15 Å². The quantitative estimate of drug-likeness (QED) is 0.610. The molecular weight excluding hydrogens is 279 g/mol. The number of aromatic nitrogens is 1. The molecule has 98 valence electrons. The molecule has 1 aromatic heterocycles. The van der Waals surface area contributed by atoms with Gasteiger partial charge in [0, 0.05) is 5.56 Å². The number of halogens is 4. The van der Waals surface area contributed by atoms with E-state index in [0.717, 1.165) is 6.07 Å². The number of carbonyl (C=O) groups is 1. The number of benzene rings is 1. The molecule has 19 heavy (non-hydrogen) atoms. The zero-order valence-electron chi connectivity index (χ0n) is 9.41. The number of nitrogens with zero attached hydrogens (tertiary/aromatic N) is 1. The molecule has 0 spiro atoms. The Morgan fingerprint density at radius 2 is 1.74 bits per heavy atom. The first-order valence-electron chi connectivity index (χ1n) is 5.22. The fraction of sp³-hybridized carbons (Fsp3) is 0.0769. The topological polar surface area (TPSA) is 30.0 Å². The summed E-state index contributed by atoms with van der Waals surface area (Å²) in [6, 6.07) is 7.70. The van der Waals surface area contributed by atoms with E-state index >= 15 is 0 Å². The Hall–Kier alpha value is -1.88. The van der Waals surface area contributed by atoms with Crippen LogP contribution >= 0.6 is 11.6 Å². The van der Waals surface area contributed by atoms with Gasteiger partial charge in [-0.25, -0.2) is 4.98 Å². The molecule has 2 rings (SSSR count). The van der Waals surface area contributed by atoms with E-state index in [-0.39, 0.29) is 22.0 Å². The predicted molar refractivity (Wildman–Crippen MR) is 65.1 cm³/mol. The largest absolute Gasteiger partial charge is 0.417 e. The van der Waals surface area contributed by atoms with Crippen LogP contribution in [-0.2, 0) is 6.18 Å². The molecule has 1 aromatic carbocycles. The summed E-state index contributed by atoms with van der Waals surface area (Å²) in [4.78, 5) is 14.6. The van der Waals surface area contributed by atoms with E-state index in [9.17, 15) is 18.0 Å². The molecule has 0 N–H and O–H groups in total. The highest BCUT2D eigenvalue weighted by atomic mass is 35.5. The van der Waals surface area contributed by atoms with Gasteiger partial charge >= 0.3 is 6.18 Å². The van der Waals surface area contributed by atoms with Crippen LogP contribution in [0.3, 0.4) is 0 Å². The normalized spacial score (nSPS) is 11.4. The van der Waals surface area contributed by atoms with Crippen LogP contribution in [0, 0.1) is 0 Å². The lowest BCUT2D eigenvalue weighted by Crippen LogP contribution is -2.07. The summed E-state index contributed by atoms with van der Waals surface area (Å²) < 4.78 is 38.7. The minimum absolute atomic E-state index is 0.0512. The molecule has 0 aliphatic heterocycles. The number of pyridine rings is 1. The third-order valence-electron chi connectivity index (χ3n) is 2.53. The summed E-state index contributed by atoms with van der Waals surface area (Å²) in [5.74, 6) is 0. The van der Waals surface area contributed by atoms with Crippen LogP contribution in [0.1, 0.15) is 16.1 Å². The smallest absolute Gasteiger partial charge is 0.296 e. The lowest BCUT2D eigenvalue weighted by molar-refractivity contribution is -0.137. The van der Waals surface area contributed by atoms with E-state index in [4.69, 9.17) is 11.6 Å². The van der Waals surface area contributed by atoms with Crippen molar-refractivity contribution in [3.63, 3.8) is 0 Å². The molecule has 6 heteroatoms. The maximum atomic E-state index is 12.9. The van der Waals surface area contributed by atoms with Gasteiger partial charge in [-0.1, -0.05) is 29.8 Å². The Morgan fingerprint density at radius 3 is 2.37 bits per heavy atom. The van der Waals surface area contributed by atoms with Crippen LogP contribution in [0.4, 0.5) is 13.2 Å². The molecule has 0 saturated heterocycles. The lowest BCUT2D eigenvalue weighted by Gasteiger charge is -2.13. The second-order valence-electron chi connectivity index (χ2n) is 3.73. The van der Waals surface area contributed by atoms with Gasteiger partial charge in [-0.2, -0.15) is 13.2 Å². The fourth-order valence-electron chi connectivity index (χ4n) is 1.73. The molecule has 0 aliphatic rings. The van der Waals surface area contributed by atoms with Gasteiger partial charge in [-0.3, -0.25) is 4.79 Å². The molecule has 0 radical (unpaired) electrons. The van der Waals surface area contributed by atoms with Crippen LogP contribution in [0.25, 0.3) is 11.1 Å². The Kier molecular flexibility index (Phi) is 3.57. The number of alkyl halides is 3. The summed E-state index contributed by atoms with van der Waals surface area (Å²) in [6.07, 6.45) is -4.12. The van der Waals surface area contributed by atoms with Gasteiger partial charge in [0.25, 0.3) is 0 Å². The van der Waals surface area contributed by atoms with Gasteiger partial charge < -0.3 is 0 Å². The van der Waals surface area contributed by atoms with Crippen LogP contribution in [0.15, 0.2) is 36.4 Å². The SMILES string of the molecule is O=Cc1nc(Cl)ccc1-c1ccccc1C(F)(F)F. The first-order chi connectivity index (χ1) is 8.93. The summed E-state index contributed by atoms with van der Waals surface area (Å²) in [6.45, 7) is 0. The number of carbonyl (C=O) groups excluding carboxylic acids is 1. The van der Waals surface area contributed by atoms with Crippen molar-refractivity contribution >= 4 is 17.9 Å². The zero-order valence-corrected chi connectivity index (χ0v) is 10.2. The molecule has 0 fully saturated rings. The van der Waals surface area contributed by atoms with Crippen LogP contribution in [0.5, 0.6) is 0 Å². The van der Waals surface area contributed by atoms with Gasteiger partial charge in [-0.15, -0.1) is 0 Å². The Balaban J connectivity index is 2.69. The lowest BCUT2D eigenvalue weighted by atomic mass is 9.98. The van der Waals surface area contributed by atoms with Crippen molar-refractivity contribution in [2.75, 3.05) is 0 Å². The molecular formula is C13H7ClF3NO. The third-order valence-corrected chi connectivity index (χ3v) is 2.74. The number of rotatable bonds is 2. The Bertz CT molecular complexity index is 626. The molecule has 0 amide bonds. The standard InChI is InChI=1S/C13H7ClF3NO/c14-12-6-5-9(11(7-19)18-12)8-3-1-2-4-10(8)13(15,16)17/h1-7H. The molecule has 2 nitrogen and oxygen atoms in total. The van der Waals surface area contributed by atoms with Crippen molar-refractivity contribution in [1.29, 1.82) is 0 Å². The van der Waals surface area contributed by atoms with Crippen LogP contribution < -0.4 is 0 Å². The van der Waals surface area contributed by atoms with E-state index in [1.165, 1.54) is 30.3 Å². The molecule has 0 unspecified atom stereocenters. The molecule has 0 bridgehead atoms. The van der Waals surface area contributed by atoms with Crippen molar-refractivity contribution < 1.29 is 18.0 Å². The zero-order chi connectivity index (χ0) is 14.0. The molecule has 0 aliphatic carbocycles. The van der Waals surface area contributed by atoms with Gasteiger partial charge in [0.1, 0.15) is 10.8 Å². The fourth-order valence-corrected chi connectivity index (χ4v) is 1.89. The summed E-state index contributed by atoms with van der Waals surface area (Å²) in [5, 5.41) is 0.0512. The number of hydrogen-bond donors (Lipinski definition) is 0. The van der Waals surface area contributed by atoms with Crippen molar-refractivity contribution in [1.82, 2.24) is 4.98 Å². The second-order valence-corrected chi connectivity index (χ2v) is 4.12. The highest BCUT2D eigenvalue weighted by Crippen LogP contribution is 2.37. The summed E-state index contributed by atoms with van der Waals surface area (Å²) in [7, 11) is 0. The molecule has 0 atom stereocenters. The van der Waals surface area contributed by atoms with Gasteiger partial charge in [-0.05, 0) is 23.8 Å². The summed E-state index contributed by atoms with van der Waals surface area (Å²) in [5.41, 5.74) is -0.931. The maximum Gasteiger partial charge on any atom is 0.417 e. The van der Waals surface area contributed by atoms with Crippen LogP contribution in [-0.4, -0.2) is 11.3 Å². The highest BCUT2D eigenvalue weighted by Gasteiger charge is 2.33. The predicted octanol–water partition coefficient (Wildman–Crippen LogP) is 4.23. The molecule has 0 saturated carbocycles. The Labute approximate surface area is 111 Å². The summed E-state index contributed by atoms with van der Waals surface area (Å²) >= 11 is 5.62. The van der Waals surface area contributed by atoms with E-state index in [2.05, 4.69) is 4.98 Å². The highest BCUT2D eigenvalue weighted by molar-refractivity contribution is 6.29. The Morgan fingerprint density at radius 1 is 1.05 bits per heavy atom. The van der Waals surface area contributed by atoms with E-state index in [0.29, 0.717) is 6.29 Å². The second kappa shape index (κ2) is 5.01. The minimum atomic E-state index is -4.50. The van der Waals surface area contributed by atoms with E-state index in [1.54, 1.807) is 0 Å². The van der Waals surface area contributed by atoms with Crippen molar-refractivity contribution in [2.24, 2.45) is 0 Å². The minimum Gasteiger partial charge on any atom is -0.296 e. The first kappa shape index (κ1) is 13.5.